The van der Waals surface area contributed by atoms with Crippen molar-refractivity contribution >= 4 is 24.2 Å². The van der Waals surface area contributed by atoms with Crippen LogP contribution in [0.4, 0.5) is 0 Å². The molecule has 0 radical (unpaired) electrons. The smallest absolute Gasteiger partial charge is 0.228 e. The van der Waals surface area contributed by atoms with Crippen molar-refractivity contribution in [2.24, 2.45) is 5.92 Å². The Morgan fingerprint density at radius 2 is 1.96 bits per heavy atom. The number of benzene rings is 1. The molecule has 0 aliphatic carbocycles. The van der Waals surface area contributed by atoms with Crippen LogP contribution in [0.15, 0.2) is 30.3 Å². The Morgan fingerprint density at radius 3 is 2.58 bits per heavy atom. The van der Waals surface area contributed by atoms with Crippen LogP contribution in [-0.2, 0) is 9.59 Å². The van der Waals surface area contributed by atoms with Gasteiger partial charge in [0.2, 0.25) is 11.8 Å². The van der Waals surface area contributed by atoms with E-state index in [1.54, 1.807) is 4.90 Å². The van der Waals surface area contributed by atoms with E-state index in [2.05, 4.69) is 5.32 Å². The first-order valence-electron chi connectivity index (χ1n) is 8.37. The zero-order valence-electron chi connectivity index (χ0n) is 14.3. The predicted molar refractivity (Wildman–Crippen MR) is 96.0 cm³/mol. The first-order chi connectivity index (χ1) is 11.1. The monoisotopic (exact) mass is 351 g/mol. The van der Waals surface area contributed by atoms with E-state index in [9.17, 15) is 9.59 Å². The number of likely N-dealkylation sites (N-methyl/N-ethyl adjacent to an activating group) is 1. The highest BCUT2D eigenvalue weighted by atomic mass is 35.5. The molecule has 0 aromatic heterocycles. The van der Waals surface area contributed by atoms with Crippen molar-refractivity contribution in [3.05, 3.63) is 35.9 Å². The maximum Gasteiger partial charge on any atom is 0.228 e. The summed E-state index contributed by atoms with van der Waals surface area (Å²) in [6.45, 7) is 1.83. The van der Waals surface area contributed by atoms with Crippen LogP contribution in [0.5, 0.6) is 0 Å². The fraction of sp³-hybridized carbons (Fsp3) is 0.556. The Hall–Kier alpha value is -1.59. The molecule has 1 aromatic carbocycles. The molecular weight excluding hydrogens is 326 g/mol. The Balaban J connectivity index is 0.00000208. The number of carbonyl (C=O) groups excluding carboxylic acids is 2. The van der Waals surface area contributed by atoms with Gasteiger partial charge in [0.05, 0.1) is 12.0 Å². The molecule has 0 bridgehead atoms. The number of hydrogen-bond donors (Lipinski definition) is 1. The molecule has 2 aliphatic heterocycles. The second kappa shape index (κ2) is 7.99. The molecule has 2 saturated heterocycles. The van der Waals surface area contributed by atoms with E-state index in [4.69, 9.17) is 0 Å². The van der Waals surface area contributed by atoms with Gasteiger partial charge >= 0.3 is 0 Å². The van der Waals surface area contributed by atoms with Crippen LogP contribution >= 0.6 is 12.4 Å². The van der Waals surface area contributed by atoms with Crippen molar-refractivity contribution < 1.29 is 9.59 Å². The number of hydrogen-bond acceptors (Lipinski definition) is 3. The molecule has 1 aromatic rings. The summed E-state index contributed by atoms with van der Waals surface area (Å²) in [7, 11) is 3.72. The van der Waals surface area contributed by atoms with E-state index < -0.39 is 0 Å². The average molecular weight is 352 g/mol. The van der Waals surface area contributed by atoms with Crippen LogP contribution < -0.4 is 5.32 Å². The van der Waals surface area contributed by atoms with Gasteiger partial charge in [0.25, 0.3) is 0 Å². The van der Waals surface area contributed by atoms with Crippen molar-refractivity contribution in [3.8, 4) is 0 Å². The number of amides is 2. The molecule has 2 heterocycles. The SMILES string of the molecule is CN(C(=O)C1CCC(=O)N(C)C1c1ccccc1)C1CCNC1.Cl. The Kier molecular flexibility index (Phi) is 6.24. The molecule has 24 heavy (non-hydrogen) atoms. The molecular formula is C18H26ClN3O2. The number of rotatable bonds is 3. The molecule has 5 nitrogen and oxygen atoms in total. The third-order valence-corrected chi connectivity index (χ3v) is 5.25. The highest BCUT2D eigenvalue weighted by molar-refractivity contribution is 5.85. The van der Waals surface area contributed by atoms with Crippen molar-refractivity contribution in [3.63, 3.8) is 0 Å². The summed E-state index contributed by atoms with van der Waals surface area (Å²) >= 11 is 0. The van der Waals surface area contributed by atoms with E-state index in [0.29, 0.717) is 12.8 Å². The number of piperidine rings is 1. The van der Waals surface area contributed by atoms with Gasteiger partial charge in [-0.3, -0.25) is 9.59 Å². The summed E-state index contributed by atoms with van der Waals surface area (Å²) in [5.41, 5.74) is 1.04. The lowest BCUT2D eigenvalue weighted by Crippen LogP contribution is -2.49. The quantitative estimate of drug-likeness (QED) is 0.904. The molecule has 3 atom stereocenters. The van der Waals surface area contributed by atoms with Gasteiger partial charge in [0.1, 0.15) is 0 Å². The highest BCUT2D eigenvalue weighted by Gasteiger charge is 2.41. The summed E-state index contributed by atoms with van der Waals surface area (Å²) in [5, 5.41) is 3.31. The highest BCUT2D eigenvalue weighted by Crippen LogP contribution is 2.37. The van der Waals surface area contributed by atoms with Gasteiger partial charge < -0.3 is 15.1 Å². The minimum atomic E-state index is -0.165. The van der Waals surface area contributed by atoms with Crippen LogP contribution in [0.1, 0.15) is 30.9 Å². The van der Waals surface area contributed by atoms with Gasteiger partial charge in [-0.15, -0.1) is 12.4 Å². The molecule has 0 spiro atoms. The molecule has 3 rings (SSSR count). The van der Waals surface area contributed by atoms with Gasteiger partial charge in [0.15, 0.2) is 0 Å². The molecule has 6 heteroatoms. The molecule has 1 N–H and O–H groups in total. The normalized spacial score (nSPS) is 26.8. The summed E-state index contributed by atoms with van der Waals surface area (Å²) in [4.78, 5) is 28.9. The maximum absolute atomic E-state index is 13.1. The minimum Gasteiger partial charge on any atom is -0.341 e. The lowest BCUT2D eigenvalue weighted by molar-refractivity contribution is -0.147. The van der Waals surface area contributed by atoms with E-state index >= 15 is 0 Å². The summed E-state index contributed by atoms with van der Waals surface area (Å²) in [5.74, 6) is 0.116. The second-order valence-electron chi connectivity index (χ2n) is 6.60. The van der Waals surface area contributed by atoms with E-state index in [1.807, 2.05) is 49.3 Å². The number of nitrogens with one attached hydrogen (secondary N) is 1. The molecule has 3 unspecified atom stereocenters. The number of nitrogens with zero attached hydrogens (tertiary/aromatic N) is 2. The maximum atomic E-state index is 13.1. The van der Waals surface area contributed by atoms with E-state index in [1.165, 1.54) is 0 Å². The van der Waals surface area contributed by atoms with Crippen LogP contribution in [-0.4, -0.2) is 54.8 Å². The van der Waals surface area contributed by atoms with Gasteiger partial charge in [-0.1, -0.05) is 30.3 Å². The fourth-order valence-corrected chi connectivity index (χ4v) is 3.81. The third-order valence-electron chi connectivity index (χ3n) is 5.25. The topological polar surface area (TPSA) is 52.7 Å². The van der Waals surface area contributed by atoms with Crippen LogP contribution in [0.2, 0.25) is 0 Å². The minimum absolute atomic E-state index is 0. The number of carbonyl (C=O) groups is 2. The van der Waals surface area contributed by atoms with Crippen LogP contribution in [0, 0.1) is 5.92 Å². The third kappa shape index (κ3) is 3.57. The summed E-state index contributed by atoms with van der Waals surface area (Å²) < 4.78 is 0. The van der Waals surface area contributed by atoms with Crippen molar-refractivity contribution in [2.75, 3.05) is 27.2 Å². The Labute approximate surface area is 149 Å². The number of halogens is 1. The zero-order valence-corrected chi connectivity index (χ0v) is 15.1. The lowest BCUT2D eigenvalue weighted by Gasteiger charge is -2.40. The fourth-order valence-electron chi connectivity index (χ4n) is 3.81. The van der Waals surface area contributed by atoms with Crippen LogP contribution in [0.3, 0.4) is 0 Å². The Bertz CT molecular complexity index is 575. The summed E-state index contributed by atoms with van der Waals surface area (Å²) in [6.07, 6.45) is 2.08. The number of likely N-dealkylation sites (tertiary alicyclic amines) is 1. The second-order valence-corrected chi connectivity index (χ2v) is 6.60. The molecule has 0 saturated carbocycles. The molecule has 2 amide bonds. The zero-order chi connectivity index (χ0) is 16.4. The first-order valence-corrected chi connectivity index (χ1v) is 8.37. The van der Waals surface area contributed by atoms with Crippen molar-refractivity contribution in [1.82, 2.24) is 15.1 Å². The standard InChI is InChI=1S/C18H25N3O2.ClH/c1-20(14-10-11-19-12-14)18(23)15-8-9-16(22)21(2)17(15)13-6-4-3-5-7-13;/h3-7,14-15,17,19H,8-12H2,1-2H3;1H. The summed E-state index contributed by atoms with van der Waals surface area (Å²) in [6, 6.07) is 10.0. The molecule has 2 fully saturated rings. The largest absolute Gasteiger partial charge is 0.341 e. The van der Waals surface area contributed by atoms with Crippen molar-refractivity contribution in [2.45, 2.75) is 31.3 Å². The van der Waals surface area contributed by atoms with Gasteiger partial charge in [-0.25, -0.2) is 0 Å². The van der Waals surface area contributed by atoms with Crippen LogP contribution in [0.25, 0.3) is 0 Å². The van der Waals surface area contributed by atoms with Gasteiger partial charge in [0, 0.05) is 33.1 Å². The average Bonchev–Trinajstić information content (AvgIpc) is 3.11. The lowest BCUT2D eigenvalue weighted by atomic mass is 9.83. The first kappa shape index (κ1) is 18.7. The van der Waals surface area contributed by atoms with Gasteiger partial charge in [-0.05, 0) is 24.9 Å². The van der Waals surface area contributed by atoms with E-state index in [-0.39, 0.29) is 42.2 Å². The van der Waals surface area contributed by atoms with E-state index in [0.717, 1.165) is 25.1 Å². The van der Waals surface area contributed by atoms with Gasteiger partial charge in [-0.2, -0.15) is 0 Å². The molecule has 132 valence electrons. The molecule has 2 aliphatic rings. The Morgan fingerprint density at radius 1 is 1.25 bits per heavy atom. The van der Waals surface area contributed by atoms with Crippen molar-refractivity contribution in [1.29, 1.82) is 0 Å². The predicted octanol–water partition coefficient (Wildman–Crippen LogP) is 1.84.